The lowest BCUT2D eigenvalue weighted by atomic mass is 10.6. The van der Waals surface area contributed by atoms with Crippen molar-refractivity contribution in [2.75, 3.05) is 0 Å². The quantitative estimate of drug-likeness (QED) is 0.380. The van der Waals surface area contributed by atoms with Crippen molar-refractivity contribution in [3.05, 3.63) is 12.7 Å². The Morgan fingerprint density at radius 3 is 2.62 bits per heavy atom. The predicted molar refractivity (Wildman–Crippen MR) is 34.1 cm³/mol. The second kappa shape index (κ2) is 3.49. The molecule has 0 spiro atoms. The predicted octanol–water partition coefficient (Wildman–Crippen LogP) is 1.16. The number of alkyl halides is 1. The molecule has 1 amide bonds. The minimum Gasteiger partial charge on any atom is -0.465 e. The molecular formula is C4H6BrNO2. The second-order valence-electron chi connectivity index (χ2n) is 1.09. The van der Waals surface area contributed by atoms with E-state index in [9.17, 15) is 4.79 Å². The Bertz CT molecular complexity index is 104. The summed E-state index contributed by atoms with van der Waals surface area (Å²) in [5.41, 5.74) is 0. The molecule has 0 aliphatic rings. The molecular weight excluding hydrogens is 174 g/mol. The smallest absolute Gasteiger partial charge is 0.405 e. The van der Waals surface area contributed by atoms with E-state index in [4.69, 9.17) is 5.11 Å². The Hall–Kier alpha value is -0.510. The SMILES string of the molecule is C=CC(Br)NC(=O)O. The highest BCUT2D eigenvalue weighted by molar-refractivity contribution is 9.09. The van der Waals surface area contributed by atoms with E-state index in [1.54, 1.807) is 0 Å². The Morgan fingerprint density at radius 1 is 2.00 bits per heavy atom. The lowest BCUT2D eigenvalue weighted by Gasteiger charge is -2.00. The van der Waals surface area contributed by atoms with Crippen molar-refractivity contribution in [1.82, 2.24) is 5.32 Å². The van der Waals surface area contributed by atoms with Gasteiger partial charge in [0.15, 0.2) is 0 Å². The zero-order valence-corrected chi connectivity index (χ0v) is 5.68. The van der Waals surface area contributed by atoms with E-state index in [1.807, 2.05) is 0 Å². The molecule has 1 unspecified atom stereocenters. The van der Waals surface area contributed by atoms with Gasteiger partial charge in [0.1, 0.15) is 4.95 Å². The van der Waals surface area contributed by atoms with Crippen molar-refractivity contribution >= 4 is 22.0 Å². The molecule has 0 fully saturated rings. The van der Waals surface area contributed by atoms with Crippen LogP contribution in [0.2, 0.25) is 0 Å². The van der Waals surface area contributed by atoms with Gasteiger partial charge >= 0.3 is 6.09 Å². The molecule has 0 aromatic rings. The van der Waals surface area contributed by atoms with E-state index >= 15 is 0 Å². The summed E-state index contributed by atoms with van der Waals surface area (Å²) < 4.78 is 0. The van der Waals surface area contributed by atoms with Gasteiger partial charge in [-0.3, -0.25) is 0 Å². The summed E-state index contributed by atoms with van der Waals surface area (Å²) >= 11 is 2.97. The van der Waals surface area contributed by atoms with Crippen LogP contribution in [0.5, 0.6) is 0 Å². The summed E-state index contributed by atoms with van der Waals surface area (Å²) in [6.07, 6.45) is 0.375. The number of nitrogens with one attached hydrogen (secondary N) is 1. The molecule has 3 nitrogen and oxygen atoms in total. The maximum Gasteiger partial charge on any atom is 0.405 e. The fraction of sp³-hybridized carbons (Fsp3) is 0.250. The van der Waals surface area contributed by atoms with E-state index in [-0.39, 0.29) is 4.95 Å². The monoisotopic (exact) mass is 179 g/mol. The largest absolute Gasteiger partial charge is 0.465 e. The van der Waals surface area contributed by atoms with Gasteiger partial charge in [-0.15, -0.1) is 6.58 Å². The number of hydrogen-bond donors (Lipinski definition) is 2. The molecule has 0 saturated heterocycles. The molecule has 0 heterocycles. The van der Waals surface area contributed by atoms with Crippen LogP contribution in [-0.2, 0) is 0 Å². The third kappa shape index (κ3) is 3.67. The Morgan fingerprint density at radius 2 is 2.50 bits per heavy atom. The van der Waals surface area contributed by atoms with Gasteiger partial charge in [0.05, 0.1) is 0 Å². The Labute approximate surface area is 55.5 Å². The topological polar surface area (TPSA) is 49.3 Å². The molecule has 0 aromatic carbocycles. The van der Waals surface area contributed by atoms with Gasteiger partial charge in [0, 0.05) is 0 Å². The molecule has 1 atom stereocenters. The summed E-state index contributed by atoms with van der Waals surface area (Å²) in [5, 5.41) is 10.1. The van der Waals surface area contributed by atoms with Gasteiger partial charge in [-0.25, -0.2) is 4.79 Å². The highest BCUT2D eigenvalue weighted by atomic mass is 79.9. The maximum absolute atomic E-state index is 9.78. The van der Waals surface area contributed by atoms with Gasteiger partial charge in [-0.1, -0.05) is 22.0 Å². The summed E-state index contributed by atoms with van der Waals surface area (Å²) in [6.45, 7) is 3.34. The number of hydrogen-bond acceptors (Lipinski definition) is 1. The maximum atomic E-state index is 9.78. The van der Waals surface area contributed by atoms with E-state index in [1.165, 1.54) is 6.08 Å². The molecule has 0 aliphatic carbocycles. The standard InChI is InChI=1S/C4H6BrNO2/c1-2-3(5)6-4(7)8/h2-3,6H,1H2,(H,7,8). The van der Waals surface area contributed by atoms with E-state index < -0.39 is 6.09 Å². The number of amides is 1. The van der Waals surface area contributed by atoms with Crippen LogP contribution in [0.25, 0.3) is 0 Å². The molecule has 0 radical (unpaired) electrons. The van der Waals surface area contributed by atoms with Gasteiger partial charge in [0.25, 0.3) is 0 Å². The number of carbonyl (C=O) groups is 1. The van der Waals surface area contributed by atoms with Crippen LogP contribution >= 0.6 is 15.9 Å². The summed E-state index contributed by atoms with van der Waals surface area (Å²) in [6, 6.07) is 0. The zero-order chi connectivity index (χ0) is 6.57. The number of carboxylic acid groups (broad SMARTS) is 1. The summed E-state index contributed by atoms with van der Waals surface area (Å²) in [4.78, 5) is 9.43. The summed E-state index contributed by atoms with van der Waals surface area (Å²) in [5.74, 6) is 0. The van der Waals surface area contributed by atoms with E-state index in [2.05, 4.69) is 27.8 Å². The molecule has 0 rings (SSSR count). The van der Waals surface area contributed by atoms with E-state index in [0.717, 1.165) is 0 Å². The van der Waals surface area contributed by atoms with Crippen LogP contribution in [0.4, 0.5) is 4.79 Å². The minimum absolute atomic E-state index is 0.347. The van der Waals surface area contributed by atoms with Crippen molar-refractivity contribution in [3.63, 3.8) is 0 Å². The van der Waals surface area contributed by atoms with E-state index in [0.29, 0.717) is 0 Å². The molecule has 0 bridgehead atoms. The first-order valence-corrected chi connectivity index (χ1v) is 2.84. The van der Waals surface area contributed by atoms with Crippen LogP contribution in [0, 0.1) is 0 Å². The fourth-order valence-electron chi connectivity index (χ4n) is 0.177. The minimum atomic E-state index is -1.06. The Kier molecular flexibility index (Phi) is 3.26. The summed E-state index contributed by atoms with van der Waals surface area (Å²) in [7, 11) is 0. The van der Waals surface area contributed by atoms with Crippen LogP contribution in [0.1, 0.15) is 0 Å². The van der Waals surface area contributed by atoms with Crippen molar-refractivity contribution in [2.45, 2.75) is 4.95 Å². The van der Waals surface area contributed by atoms with Gasteiger partial charge in [0.2, 0.25) is 0 Å². The fourth-order valence-corrected chi connectivity index (χ4v) is 0.373. The van der Waals surface area contributed by atoms with Crippen LogP contribution in [-0.4, -0.2) is 16.2 Å². The lowest BCUT2D eigenvalue weighted by molar-refractivity contribution is 0.195. The van der Waals surface area contributed by atoms with Gasteiger partial charge < -0.3 is 10.4 Å². The Balaban J connectivity index is 3.38. The molecule has 0 saturated carbocycles. The molecule has 0 aliphatic heterocycles. The highest BCUT2D eigenvalue weighted by Crippen LogP contribution is 1.92. The third-order valence-electron chi connectivity index (χ3n) is 0.468. The van der Waals surface area contributed by atoms with Gasteiger partial charge in [-0.2, -0.15) is 0 Å². The van der Waals surface area contributed by atoms with Crippen molar-refractivity contribution in [3.8, 4) is 0 Å². The van der Waals surface area contributed by atoms with Gasteiger partial charge in [-0.05, 0) is 0 Å². The third-order valence-corrected chi connectivity index (χ3v) is 1.07. The van der Waals surface area contributed by atoms with Crippen molar-refractivity contribution in [2.24, 2.45) is 0 Å². The van der Waals surface area contributed by atoms with Crippen LogP contribution < -0.4 is 5.32 Å². The first kappa shape index (κ1) is 7.49. The molecule has 0 aromatic heterocycles. The van der Waals surface area contributed by atoms with Crippen molar-refractivity contribution < 1.29 is 9.90 Å². The second-order valence-corrected chi connectivity index (χ2v) is 2.07. The average Bonchev–Trinajstić information content (AvgIpc) is 1.65. The number of halogens is 1. The van der Waals surface area contributed by atoms with Crippen LogP contribution in [0.15, 0.2) is 12.7 Å². The first-order valence-electron chi connectivity index (χ1n) is 1.93. The van der Waals surface area contributed by atoms with Crippen molar-refractivity contribution in [1.29, 1.82) is 0 Å². The highest BCUT2D eigenvalue weighted by Gasteiger charge is 1.98. The normalized spacial score (nSPS) is 12.1. The average molecular weight is 180 g/mol. The molecule has 8 heavy (non-hydrogen) atoms. The lowest BCUT2D eigenvalue weighted by Crippen LogP contribution is -2.26. The number of rotatable bonds is 2. The molecule has 4 heteroatoms. The molecule has 46 valence electrons. The van der Waals surface area contributed by atoms with Crippen LogP contribution in [0.3, 0.4) is 0 Å². The first-order chi connectivity index (χ1) is 3.66. The molecule has 2 N–H and O–H groups in total. The zero-order valence-electron chi connectivity index (χ0n) is 4.10.